The van der Waals surface area contributed by atoms with E-state index in [1.54, 1.807) is 38.4 Å². The molecule has 0 saturated carbocycles. The van der Waals surface area contributed by atoms with Crippen molar-refractivity contribution in [3.8, 4) is 0 Å². The van der Waals surface area contributed by atoms with Gasteiger partial charge in [0.2, 0.25) is 5.91 Å². The minimum absolute atomic E-state index is 0.184. The van der Waals surface area contributed by atoms with Crippen molar-refractivity contribution in [3.63, 3.8) is 0 Å². The average Bonchev–Trinajstić information content (AvgIpc) is 3.02. The molecule has 1 heterocycles. The van der Waals surface area contributed by atoms with E-state index in [9.17, 15) is 9.59 Å². The van der Waals surface area contributed by atoms with Gasteiger partial charge < -0.3 is 19.7 Å². The smallest absolute Gasteiger partial charge is 0.251 e. The first kappa shape index (κ1) is 17.2. The number of benzene rings is 1. The highest BCUT2D eigenvalue weighted by Crippen LogP contribution is 2.20. The first-order chi connectivity index (χ1) is 11.0. The van der Waals surface area contributed by atoms with E-state index in [1.807, 2.05) is 0 Å². The second-order valence-electron chi connectivity index (χ2n) is 5.62. The Morgan fingerprint density at radius 2 is 2.13 bits per heavy atom. The Bertz CT molecular complexity index is 577. The van der Waals surface area contributed by atoms with Gasteiger partial charge in [0.05, 0.1) is 18.8 Å². The second-order valence-corrected chi connectivity index (χ2v) is 5.62. The van der Waals surface area contributed by atoms with Crippen LogP contribution in [0.1, 0.15) is 16.8 Å². The molecule has 6 heteroatoms. The number of hydrogen-bond acceptors (Lipinski definition) is 4. The molecule has 1 aromatic rings. The molecule has 1 saturated heterocycles. The molecule has 1 N–H and O–H groups in total. The number of anilines is 1. The molecule has 6 nitrogen and oxygen atoms in total. The van der Waals surface area contributed by atoms with Crippen molar-refractivity contribution in [3.05, 3.63) is 42.5 Å². The van der Waals surface area contributed by atoms with E-state index in [-0.39, 0.29) is 11.8 Å². The summed E-state index contributed by atoms with van der Waals surface area (Å²) < 4.78 is 10.6. The monoisotopic (exact) mass is 318 g/mol. The molecule has 0 spiro atoms. The zero-order chi connectivity index (χ0) is 16.9. The summed E-state index contributed by atoms with van der Waals surface area (Å²) in [5, 5.41) is 3.01. The molecule has 1 aromatic carbocycles. The Balaban J connectivity index is 2.08. The van der Waals surface area contributed by atoms with Gasteiger partial charge in [-0.05, 0) is 36.8 Å². The minimum Gasteiger partial charge on any atom is -0.382 e. The number of nitrogens with zero attached hydrogens (tertiary/aromatic N) is 1. The number of amides is 2. The fourth-order valence-electron chi connectivity index (χ4n) is 2.55. The quantitative estimate of drug-likeness (QED) is 0.805. The lowest BCUT2D eigenvalue weighted by atomic mass is 9.99. The van der Waals surface area contributed by atoms with Crippen LogP contribution in [0.25, 0.3) is 0 Å². The molecule has 1 fully saturated rings. The van der Waals surface area contributed by atoms with Crippen LogP contribution in [0.2, 0.25) is 0 Å². The molecule has 1 aliphatic heterocycles. The molecule has 0 aliphatic carbocycles. The normalized spacial score (nSPS) is 20.1. The van der Waals surface area contributed by atoms with Crippen LogP contribution in [0.4, 0.5) is 5.69 Å². The molecule has 0 radical (unpaired) electrons. The van der Waals surface area contributed by atoms with E-state index < -0.39 is 5.54 Å². The van der Waals surface area contributed by atoms with Crippen molar-refractivity contribution in [2.45, 2.75) is 12.0 Å². The van der Waals surface area contributed by atoms with Gasteiger partial charge >= 0.3 is 0 Å². The predicted molar refractivity (Wildman–Crippen MR) is 87.6 cm³/mol. The van der Waals surface area contributed by atoms with Crippen molar-refractivity contribution in [1.29, 1.82) is 0 Å². The second kappa shape index (κ2) is 7.39. The molecule has 2 amide bonds. The van der Waals surface area contributed by atoms with Gasteiger partial charge in [-0.1, -0.05) is 6.58 Å². The van der Waals surface area contributed by atoms with E-state index in [1.165, 1.54) is 11.0 Å². The van der Waals surface area contributed by atoms with E-state index in [0.29, 0.717) is 31.1 Å². The highest BCUT2D eigenvalue weighted by atomic mass is 16.5. The van der Waals surface area contributed by atoms with Crippen LogP contribution >= 0.6 is 0 Å². The summed E-state index contributed by atoms with van der Waals surface area (Å²) in [6.07, 6.45) is 1.97. The van der Waals surface area contributed by atoms with Gasteiger partial charge in [-0.15, -0.1) is 0 Å². The third kappa shape index (κ3) is 3.97. The highest BCUT2D eigenvalue weighted by molar-refractivity contribution is 6.01. The largest absolute Gasteiger partial charge is 0.382 e. The number of rotatable bonds is 6. The van der Waals surface area contributed by atoms with E-state index in [4.69, 9.17) is 9.47 Å². The maximum absolute atomic E-state index is 12.4. The van der Waals surface area contributed by atoms with Gasteiger partial charge in [0.25, 0.3) is 5.91 Å². The first-order valence-electron chi connectivity index (χ1n) is 7.41. The van der Waals surface area contributed by atoms with Crippen LogP contribution in [0.3, 0.4) is 0 Å². The molecule has 1 aliphatic rings. The van der Waals surface area contributed by atoms with Gasteiger partial charge in [-0.25, -0.2) is 0 Å². The number of carbonyl (C=O) groups excluding carboxylic acids is 2. The molecule has 2 rings (SSSR count). The Morgan fingerprint density at radius 3 is 2.65 bits per heavy atom. The fraction of sp³-hybridized carbons (Fsp3) is 0.412. The van der Waals surface area contributed by atoms with Gasteiger partial charge in [-0.2, -0.15) is 0 Å². The Kier molecular flexibility index (Phi) is 5.52. The lowest BCUT2D eigenvalue weighted by Gasteiger charge is -2.28. The average molecular weight is 318 g/mol. The van der Waals surface area contributed by atoms with Crippen molar-refractivity contribution in [2.24, 2.45) is 0 Å². The molecule has 0 bridgehead atoms. The highest BCUT2D eigenvalue weighted by Gasteiger charge is 2.36. The number of carbonyl (C=O) groups is 2. The van der Waals surface area contributed by atoms with Gasteiger partial charge in [-0.3, -0.25) is 9.59 Å². The Labute approximate surface area is 136 Å². The summed E-state index contributed by atoms with van der Waals surface area (Å²) >= 11 is 0. The lowest BCUT2D eigenvalue weighted by molar-refractivity contribution is -0.113. The minimum atomic E-state index is -0.472. The van der Waals surface area contributed by atoms with Crippen molar-refractivity contribution in [1.82, 2.24) is 5.32 Å². The van der Waals surface area contributed by atoms with Crippen LogP contribution in [-0.2, 0) is 14.3 Å². The summed E-state index contributed by atoms with van der Waals surface area (Å²) in [6.45, 7) is 4.92. The van der Waals surface area contributed by atoms with E-state index >= 15 is 0 Å². The van der Waals surface area contributed by atoms with E-state index in [0.717, 1.165) is 6.42 Å². The van der Waals surface area contributed by atoms with Gasteiger partial charge in [0.15, 0.2) is 0 Å². The maximum atomic E-state index is 12.4. The van der Waals surface area contributed by atoms with Gasteiger partial charge in [0, 0.05) is 32.0 Å². The molecule has 1 atom stereocenters. The number of methoxy groups -OCH3 is 1. The van der Waals surface area contributed by atoms with Gasteiger partial charge in [0.1, 0.15) is 0 Å². The van der Waals surface area contributed by atoms with Crippen LogP contribution in [0, 0.1) is 0 Å². The van der Waals surface area contributed by atoms with Crippen molar-refractivity contribution >= 4 is 17.5 Å². The maximum Gasteiger partial charge on any atom is 0.251 e. The fourth-order valence-corrected chi connectivity index (χ4v) is 2.55. The number of likely N-dealkylation sites (N-methyl/N-ethyl adjacent to an activating group) is 1. The summed E-state index contributed by atoms with van der Waals surface area (Å²) in [7, 11) is 3.26. The summed E-state index contributed by atoms with van der Waals surface area (Å²) in [4.78, 5) is 25.5. The molecular formula is C17H22N2O4. The van der Waals surface area contributed by atoms with Crippen molar-refractivity contribution in [2.75, 3.05) is 38.9 Å². The molecular weight excluding hydrogens is 296 g/mol. The first-order valence-corrected chi connectivity index (χ1v) is 7.41. The Hall–Kier alpha value is -2.18. The topological polar surface area (TPSA) is 67.9 Å². The molecule has 1 unspecified atom stereocenters. The number of nitrogens with one attached hydrogen (secondary N) is 1. The third-order valence-electron chi connectivity index (χ3n) is 3.92. The summed E-state index contributed by atoms with van der Waals surface area (Å²) in [5.41, 5.74) is 0.748. The lowest BCUT2D eigenvalue weighted by Crippen LogP contribution is -2.52. The number of ether oxygens (including phenoxy) is 2. The number of hydrogen-bond donors (Lipinski definition) is 1. The molecule has 0 aromatic heterocycles. The van der Waals surface area contributed by atoms with E-state index in [2.05, 4.69) is 11.9 Å². The molecule has 23 heavy (non-hydrogen) atoms. The zero-order valence-electron chi connectivity index (χ0n) is 13.5. The standard InChI is InChI=1S/C17H22N2O4/c1-4-15(20)19(2)14-7-5-13(6-8-14)16(21)18-17(11-22-3)9-10-23-12-17/h4-8H,1,9-12H2,2-3H3,(H,18,21). The predicted octanol–water partition coefficient (Wildman–Crippen LogP) is 1.37. The van der Waals surface area contributed by atoms with Crippen LogP contribution < -0.4 is 10.2 Å². The Morgan fingerprint density at radius 1 is 1.43 bits per heavy atom. The SMILES string of the molecule is C=CC(=O)N(C)c1ccc(C(=O)NC2(COC)CCOC2)cc1. The van der Waals surface area contributed by atoms with Crippen LogP contribution in [-0.4, -0.2) is 51.3 Å². The summed E-state index contributed by atoms with van der Waals surface area (Å²) in [5.74, 6) is -0.388. The molecule has 124 valence electrons. The van der Waals surface area contributed by atoms with Crippen LogP contribution in [0.15, 0.2) is 36.9 Å². The van der Waals surface area contributed by atoms with Crippen molar-refractivity contribution < 1.29 is 19.1 Å². The third-order valence-corrected chi connectivity index (χ3v) is 3.92. The van der Waals surface area contributed by atoms with Crippen LogP contribution in [0.5, 0.6) is 0 Å². The zero-order valence-corrected chi connectivity index (χ0v) is 13.5. The summed E-state index contributed by atoms with van der Waals surface area (Å²) in [6, 6.07) is 6.83.